The molecule has 12 heteroatoms. The predicted octanol–water partition coefficient (Wildman–Crippen LogP) is 4.43. The summed E-state index contributed by atoms with van der Waals surface area (Å²) in [5.41, 5.74) is 1.15. The molecule has 1 atom stereocenters. The second-order valence-corrected chi connectivity index (χ2v) is 11.5. The van der Waals surface area contributed by atoms with Gasteiger partial charge in [-0.2, -0.15) is 0 Å². The molecule has 3 aromatic rings. The maximum absolute atomic E-state index is 14.0. The van der Waals surface area contributed by atoms with E-state index in [1.54, 1.807) is 31.2 Å². The number of carbonyl (C=O) groups excluding carboxylic acids is 1. The minimum atomic E-state index is -0.833. The number of ether oxygens (including phenoxy) is 3. The highest BCUT2D eigenvalue weighted by molar-refractivity contribution is 9.10. The van der Waals surface area contributed by atoms with E-state index in [0.717, 1.165) is 10.9 Å². The Balaban J connectivity index is 1.71. The monoisotopic (exact) mass is 649 g/mol. The number of furan rings is 1. The lowest BCUT2D eigenvalue weighted by atomic mass is 9.93. The Kier molecular flexibility index (Phi) is 8.84. The number of aromatic nitrogens is 1. The molecule has 4 heterocycles. The van der Waals surface area contributed by atoms with E-state index < -0.39 is 12.0 Å². The topological polar surface area (TPSA) is 95.5 Å². The van der Waals surface area contributed by atoms with Crippen LogP contribution in [0, 0.1) is 0 Å². The molecule has 1 aromatic carbocycles. The van der Waals surface area contributed by atoms with Crippen LogP contribution in [0.1, 0.15) is 44.1 Å². The van der Waals surface area contributed by atoms with Gasteiger partial charge in [0.1, 0.15) is 17.6 Å². The van der Waals surface area contributed by atoms with E-state index in [0.29, 0.717) is 81.3 Å². The average Bonchev–Trinajstić information content (AvgIpc) is 3.47. The van der Waals surface area contributed by atoms with E-state index in [4.69, 9.17) is 35.2 Å². The Morgan fingerprint density at radius 3 is 2.75 bits per heavy atom. The lowest BCUT2D eigenvalue weighted by Gasteiger charge is -2.27. The Labute approximate surface area is 248 Å². The van der Waals surface area contributed by atoms with Crippen molar-refractivity contribution in [3.8, 4) is 5.75 Å². The Bertz CT molecular complexity index is 1640. The number of thiazole rings is 1. The molecule has 0 unspecified atom stereocenters. The summed E-state index contributed by atoms with van der Waals surface area (Å²) in [5.74, 6) is 1.18. The Morgan fingerprint density at radius 1 is 1.27 bits per heavy atom. The SMILES string of the molecule is CCCC1=C(C(=O)OCC)[C@@H](c2cc(Cl)ccc2OC)n2c(s/c(=C/c3cc(Br)c(N4CCOCC4)o3)c2=O)=N1. The molecule has 9 nitrogen and oxygen atoms in total. The van der Waals surface area contributed by atoms with Crippen LogP contribution in [0.25, 0.3) is 6.08 Å². The zero-order valence-corrected chi connectivity index (χ0v) is 25.5. The Morgan fingerprint density at radius 2 is 2.05 bits per heavy atom. The molecule has 0 spiro atoms. The van der Waals surface area contributed by atoms with Crippen LogP contribution in [0.4, 0.5) is 5.88 Å². The summed E-state index contributed by atoms with van der Waals surface area (Å²) in [4.78, 5) is 34.8. The van der Waals surface area contributed by atoms with E-state index >= 15 is 0 Å². The van der Waals surface area contributed by atoms with E-state index in [9.17, 15) is 9.59 Å². The van der Waals surface area contributed by atoms with Crippen LogP contribution in [-0.4, -0.2) is 50.6 Å². The van der Waals surface area contributed by atoms with Gasteiger partial charge in [0.2, 0.25) is 5.88 Å². The van der Waals surface area contributed by atoms with Gasteiger partial charge in [-0.3, -0.25) is 9.36 Å². The highest BCUT2D eigenvalue weighted by Crippen LogP contribution is 2.38. The number of allylic oxidation sites excluding steroid dienone is 1. The molecule has 1 saturated heterocycles. The van der Waals surface area contributed by atoms with Crippen molar-refractivity contribution in [2.45, 2.75) is 32.7 Å². The summed E-state index contributed by atoms with van der Waals surface area (Å²) in [7, 11) is 1.54. The summed E-state index contributed by atoms with van der Waals surface area (Å²) >= 11 is 11.2. The minimum Gasteiger partial charge on any atom is -0.496 e. The number of rotatable bonds is 8. The fraction of sp³-hybridized carbons (Fsp3) is 0.393. The van der Waals surface area contributed by atoms with Crippen molar-refractivity contribution in [2.24, 2.45) is 4.99 Å². The first-order valence-electron chi connectivity index (χ1n) is 13.0. The molecular weight excluding hydrogens is 622 g/mol. The van der Waals surface area contributed by atoms with Crippen molar-refractivity contribution in [3.63, 3.8) is 0 Å². The quantitative estimate of drug-likeness (QED) is 0.333. The molecular formula is C28H29BrClN3O6S. The first-order chi connectivity index (χ1) is 19.4. The number of esters is 1. The molecule has 5 rings (SSSR count). The van der Waals surface area contributed by atoms with E-state index in [1.165, 1.54) is 23.0 Å². The highest BCUT2D eigenvalue weighted by atomic mass is 79.9. The third-order valence-electron chi connectivity index (χ3n) is 6.64. The summed E-state index contributed by atoms with van der Waals surface area (Å²) in [6.45, 7) is 6.61. The molecule has 0 saturated carbocycles. The van der Waals surface area contributed by atoms with Gasteiger partial charge >= 0.3 is 5.97 Å². The molecule has 0 amide bonds. The molecule has 0 aliphatic carbocycles. The number of methoxy groups -OCH3 is 1. The summed E-state index contributed by atoms with van der Waals surface area (Å²) in [6.07, 6.45) is 2.99. The second-order valence-electron chi connectivity index (χ2n) is 9.20. The van der Waals surface area contributed by atoms with Crippen LogP contribution < -0.4 is 24.5 Å². The summed E-state index contributed by atoms with van der Waals surface area (Å²) < 4.78 is 25.4. The predicted molar refractivity (Wildman–Crippen MR) is 157 cm³/mol. The van der Waals surface area contributed by atoms with E-state index in [1.807, 2.05) is 13.0 Å². The zero-order chi connectivity index (χ0) is 28.4. The maximum atomic E-state index is 14.0. The maximum Gasteiger partial charge on any atom is 0.338 e. The number of fused-ring (bicyclic) bond motifs is 1. The fourth-order valence-corrected chi connectivity index (χ4v) is 6.63. The van der Waals surface area contributed by atoms with Crippen molar-refractivity contribution >= 4 is 56.8 Å². The first-order valence-corrected chi connectivity index (χ1v) is 15.0. The number of carbonyl (C=O) groups is 1. The van der Waals surface area contributed by atoms with E-state index in [-0.39, 0.29) is 12.2 Å². The number of halogens is 2. The van der Waals surface area contributed by atoms with Gasteiger partial charge in [-0.1, -0.05) is 36.3 Å². The second kappa shape index (κ2) is 12.3. The van der Waals surface area contributed by atoms with Crippen LogP contribution in [0.15, 0.2) is 54.2 Å². The molecule has 2 aliphatic heterocycles. The molecule has 0 bridgehead atoms. The van der Waals surface area contributed by atoms with E-state index in [2.05, 4.69) is 20.8 Å². The first kappa shape index (κ1) is 28.7. The zero-order valence-electron chi connectivity index (χ0n) is 22.4. The van der Waals surface area contributed by atoms with Crippen molar-refractivity contribution in [2.75, 3.05) is 44.9 Å². The number of benzene rings is 1. The third-order valence-corrected chi connectivity index (χ3v) is 8.42. The third kappa shape index (κ3) is 5.52. The van der Waals surface area contributed by atoms with Gasteiger partial charge in [0.05, 0.1) is 47.2 Å². The molecule has 2 aliphatic rings. The number of morpholine rings is 1. The van der Waals surface area contributed by atoms with Gasteiger partial charge in [0, 0.05) is 35.8 Å². The lowest BCUT2D eigenvalue weighted by Crippen LogP contribution is -2.40. The molecule has 40 heavy (non-hydrogen) atoms. The smallest absolute Gasteiger partial charge is 0.338 e. The van der Waals surface area contributed by atoms with Crippen LogP contribution in [0.2, 0.25) is 5.02 Å². The van der Waals surface area contributed by atoms with Gasteiger partial charge in [-0.05, 0) is 47.5 Å². The van der Waals surface area contributed by atoms with Gasteiger partial charge in [-0.25, -0.2) is 9.79 Å². The largest absolute Gasteiger partial charge is 0.496 e. The minimum absolute atomic E-state index is 0.185. The molecule has 2 aromatic heterocycles. The lowest BCUT2D eigenvalue weighted by molar-refractivity contribution is -0.139. The van der Waals surface area contributed by atoms with Crippen molar-refractivity contribution < 1.29 is 23.4 Å². The number of nitrogens with zero attached hydrogens (tertiary/aromatic N) is 3. The number of anilines is 1. The molecule has 0 radical (unpaired) electrons. The number of hydrogen-bond donors (Lipinski definition) is 0. The molecule has 0 N–H and O–H groups in total. The fourth-order valence-electron chi connectivity index (χ4n) is 4.89. The summed E-state index contributed by atoms with van der Waals surface area (Å²) in [5, 5.41) is 0.450. The van der Waals surface area contributed by atoms with Gasteiger partial charge in [-0.15, -0.1) is 0 Å². The van der Waals surface area contributed by atoms with Gasteiger partial charge < -0.3 is 23.5 Å². The van der Waals surface area contributed by atoms with Crippen LogP contribution in [0.5, 0.6) is 5.75 Å². The summed E-state index contributed by atoms with van der Waals surface area (Å²) in [6, 6.07) is 6.15. The number of hydrogen-bond acceptors (Lipinski definition) is 9. The normalized spacial score (nSPS) is 17.6. The van der Waals surface area contributed by atoms with Crippen LogP contribution in [0.3, 0.4) is 0 Å². The van der Waals surface area contributed by atoms with Gasteiger partial charge in [0.15, 0.2) is 4.80 Å². The van der Waals surface area contributed by atoms with Crippen molar-refractivity contribution in [1.29, 1.82) is 0 Å². The van der Waals surface area contributed by atoms with Gasteiger partial charge in [0.25, 0.3) is 5.56 Å². The van der Waals surface area contributed by atoms with Crippen LogP contribution >= 0.6 is 38.9 Å². The van der Waals surface area contributed by atoms with Crippen LogP contribution in [-0.2, 0) is 14.3 Å². The van der Waals surface area contributed by atoms with Crippen molar-refractivity contribution in [1.82, 2.24) is 4.57 Å². The molecule has 212 valence electrons. The Hall–Kier alpha value is -2.86. The highest BCUT2D eigenvalue weighted by Gasteiger charge is 2.36. The standard InChI is InChI=1S/C28H29BrClN3O6S/c1-4-6-20-23(27(35)38-5-2)24(18-13-16(30)7-8-21(18)36-3)33-25(34)22(40-28(33)31-20)15-17-14-19(29)26(39-17)32-9-11-37-12-10-32/h7-8,13-15,24H,4-6,9-12H2,1-3H3/b22-15+/t24-/m1/s1. The average molecular weight is 651 g/mol. The van der Waals surface area contributed by atoms with Crippen molar-refractivity contribution in [3.05, 3.63) is 76.0 Å². The molecule has 1 fully saturated rings.